The summed E-state index contributed by atoms with van der Waals surface area (Å²) in [6.45, 7) is 8.09. The van der Waals surface area contributed by atoms with Gasteiger partial charge in [0.15, 0.2) is 0 Å². The summed E-state index contributed by atoms with van der Waals surface area (Å²) >= 11 is 0. The fourth-order valence-electron chi connectivity index (χ4n) is 3.30. The second-order valence-corrected chi connectivity index (χ2v) is 7.47. The summed E-state index contributed by atoms with van der Waals surface area (Å²) in [7, 11) is 3.80. The van der Waals surface area contributed by atoms with E-state index in [-0.39, 0.29) is 5.91 Å². The van der Waals surface area contributed by atoms with E-state index < -0.39 is 5.41 Å². The topological polar surface area (TPSA) is 53.6 Å². The minimum absolute atomic E-state index is 0.112. The van der Waals surface area contributed by atoms with Gasteiger partial charge in [0, 0.05) is 26.2 Å². The lowest BCUT2D eigenvalue weighted by Gasteiger charge is -2.35. The smallest absolute Gasteiger partial charge is 0.228 e. The van der Waals surface area contributed by atoms with Crippen molar-refractivity contribution < 1.29 is 9.53 Å². The van der Waals surface area contributed by atoms with Gasteiger partial charge in [-0.05, 0) is 58.0 Å². The number of rotatable bonds is 8. The van der Waals surface area contributed by atoms with E-state index in [2.05, 4.69) is 60.7 Å². The normalized spacial score (nSPS) is 17.0. The molecular weight excluding hydrogens is 314 g/mol. The molecule has 1 aliphatic rings. The van der Waals surface area contributed by atoms with Gasteiger partial charge in [-0.15, -0.1) is 0 Å². The van der Waals surface area contributed by atoms with E-state index in [0.29, 0.717) is 19.2 Å². The Balaban J connectivity index is 1.96. The van der Waals surface area contributed by atoms with Crippen molar-refractivity contribution in [3.05, 3.63) is 35.4 Å². The van der Waals surface area contributed by atoms with Gasteiger partial charge in [0.25, 0.3) is 0 Å². The highest BCUT2D eigenvalue weighted by Crippen LogP contribution is 2.29. The molecule has 0 aromatic heterocycles. The van der Waals surface area contributed by atoms with Gasteiger partial charge in [0.2, 0.25) is 5.91 Å². The number of carbonyl (C=O) groups is 1. The third kappa shape index (κ3) is 5.53. The summed E-state index contributed by atoms with van der Waals surface area (Å²) in [5.41, 5.74) is 2.02. The number of benzene rings is 1. The van der Waals surface area contributed by atoms with Crippen LogP contribution in [0.5, 0.6) is 0 Å². The average Bonchev–Trinajstić information content (AvgIpc) is 2.61. The van der Waals surface area contributed by atoms with Crippen molar-refractivity contribution in [3.8, 4) is 0 Å². The summed E-state index contributed by atoms with van der Waals surface area (Å²) in [6, 6.07) is 8.98. The van der Waals surface area contributed by atoms with Crippen molar-refractivity contribution in [1.82, 2.24) is 15.5 Å². The molecule has 0 radical (unpaired) electrons. The molecular formula is C20H33N3O2. The summed E-state index contributed by atoms with van der Waals surface area (Å²) in [4.78, 5) is 15.1. The minimum Gasteiger partial charge on any atom is -0.384 e. The molecule has 1 saturated heterocycles. The van der Waals surface area contributed by atoms with Gasteiger partial charge >= 0.3 is 0 Å². The first-order chi connectivity index (χ1) is 12.0. The number of ether oxygens (including phenoxy) is 1. The van der Waals surface area contributed by atoms with E-state index in [0.717, 1.165) is 38.0 Å². The molecule has 1 aromatic carbocycles. The van der Waals surface area contributed by atoms with Gasteiger partial charge < -0.3 is 15.4 Å². The summed E-state index contributed by atoms with van der Waals surface area (Å²) in [6.07, 6.45) is 1.65. The number of hydrogen-bond acceptors (Lipinski definition) is 4. The van der Waals surface area contributed by atoms with Crippen LogP contribution in [-0.2, 0) is 22.6 Å². The van der Waals surface area contributed by atoms with Gasteiger partial charge in [-0.2, -0.15) is 0 Å². The number of piperidine rings is 1. The fraction of sp³-hybridized carbons (Fsp3) is 0.650. The second kappa shape index (κ2) is 9.32. The Morgan fingerprint density at radius 1 is 1.32 bits per heavy atom. The molecule has 2 N–H and O–H groups in total. The Morgan fingerprint density at radius 2 is 2.00 bits per heavy atom. The molecule has 1 heterocycles. The Bertz CT molecular complexity index is 548. The van der Waals surface area contributed by atoms with Crippen molar-refractivity contribution in [1.29, 1.82) is 0 Å². The largest absolute Gasteiger partial charge is 0.384 e. The second-order valence-electron chi connectivity index (χ2n) is 7.47. The highest BCUT2D eigenvalue weighted by atomic mass is 16.5. The fourth-order valence-corrected chi connectivity index (χ4v) is 3.30. The molecule has 0 bridgehead atoms. The van der Waals surface area contributed by atoms with E-state index >= 15 is 0 Å². The van der Waals surface area contributed by atoms with Gasteiger partial charge in [-0.3, -0.25) is 9.69 Å². The molecule has 0 unspecified atom stereocenters. The maximum Gasteiger partial charge on any atom is 0.228 e. The zero-order valence-electron chi connectivity index (χ0n) is 16.1. The lowest BCUT2D eigenvalue weighted by atomic mass is 9.78. The maximum absolute atomic E-state index is 12.8. The van der Waals surface area contributed by atoms with Crippen LogP contribution in [0.3, 0.4) is 0 Å². The number of methoxy groups -OCH3 is 1. The van der Waals surface area contributed by atoms with Crippen molar-refractivity contribution in [2.45, 2.75) is 45.8 Å². The van der Waals surface area contributed by atoms with E-state index in [1.54, 1.807) is 7.11 Å². The Morgan fingerprint density at radius 3 is 2.64 bits per heavy atom. The minimum atomic E-state index is -0.393. The average molecular weight is 348 g/mol. The van der Waals surface area contributed by atoms with Crippen molar-refractivity contribution in [2.75, 3.05) is 33.9 Å². The SMILES string of the molecule is COCC1(C(=O)NCc2cccc(CN(C)C(C)C)c2)CCNCC1. The van der Waals surface area contributed by atoms with Crippen LogP contribution in [0.1, 0.15) is 37.8 Å². The molecule has 5 heteroatoms. The standard InChI is InChI=1S/C20H33N3O2/c1-16(2)23(3)14-18-7-5-6-17(12-18)13-22-19(24)20(15-25-4)8-10-21-11-9-20/h5-7,12,16,21H,8-11,13-15H2,1-4H3,(H,22,24). The van der Waals surface area contributed by atoms with Crippen LogP contribution >= 0.6 is 0 Å². The van der Waals surface area contributed by atoms with Gasteiger partial charge in [-0.25, -0.2) is 0 Å². The maximum atomic E-state index is 12.8. The van der Waals surface area contributed by atoms with Crippen LogP contribution in [0, 0.1) is 5.41 Å². The Kier molecular flexibility index (Phi) is 7.41. The number of nitrogens with zero attached hydrogens (tertiary/aromatic N) is 1. The first-order valence-electron chi connectivity index (χ1n) is 9.23. The lowest BCUT2D eigenvalue weighted by molar-refractivity contribution is -0.136. The predicted molar refractivity (Wildman–Crippen MR) is 101 cm³/mol. The highest BCUT2D eigenvalue weighted by Gasteiger charge is 2.39. The zero-order chi connectivity index (χ0) is 18.3. The third-order valence-electron chi connectivity index (χ3n) is 5.22. The zero-order valence-corrected chi connectivity index (χ0v) is 16.1. The van der Waals surface area contributed by atoms with Crippen molar-refractivity contribution in [3.63, 3.8) is 0 Å². The monoisotopic (exact) mass is 347 g/mol. The first kappa shape index (κ1) is 19.9. The van der Waals surface area contributed by atoms with E-state index in [1.807, 2.05) is 0 Å². The molecule has 2 rings (SSSR count). The molecule has 1 fully saturated rings. The van der Waals surface area contributed by atoms with Crippen LogP contribution in [0.4, 0.5) is 0 Å². The van der Waals surface area contributed by atoms with E-state index in [9.17, 15) is 4.79 Å². The molecule has 0 saturated carbocycles. The van der Waals surface area contributed by atoms with E-state index in [4.69, 9.17) is 4.74 Å². The van der Waals surface area contributed by atoms with Gasteiger partial charge in [0.05, 0.1) is 12.0 Å². The summed E-state index contributed by atoms with van der Waals surface area (Å²) in [5, 5.41) is 6.46. The van der Waals surface area contributed by atoms with Crippen molar-refractivity contribution >= 4 is 5.91 Å². The molecule has 140 valence electrons. The lowest BCUT2D eigenvalue weighted by Crippen LogP contribution is -2.49. The summed E-state index contributed by atoms with van der Waals surface area (Å²) in [5.74, 6) is 0.112. The molecule has 1 aliphatic heterocycles. The van der Waals surface area contributed by atoms with E-state index in [1.165, 1.54) is 5.56 Å². The van der Waals surface area contributed by atoms with Crippen LogP contribution < -0.4 is 10.6 Å². The van der Waals surface area contributed by atoms with Gasteiger partial charge in [-0.1, -0.05) is 24.3 Å². The quantitative estimate of drug-likeness (QED) is 0.757. The number of nitrogens with one attached hydrogen (secondary N) is 2. The Hall–Kier alpha value is -1.43. The molecule has 0 spiro atoms. The first-order valence-corrected chi connectivity index (χ1v) is 9.23. The molecule has 1 aromatic rings. The van der Waals surface area contributed by atoms with Crippen LogP contribution in [-0.4, -0.2) is 50.7 Å². The highest BCUT2D eigenvalue weighted by molar-refractivity contribution is 5.83. The molecule has 0 aliphatic carbocycles. The number of amides is 1. The van der Waals surface area contributed by atoms with Crippen LogP contribution in [0.25, 0.3) is 0 Å². The van der Waals surface area contributed by atoms with Crippen LogP contribution in [0.15, 0.2) is 24.3 Å². The summed E-state index contributed by atoms with van der Waals surface area (Å²) < 4.78 is 5.35. The Labute approximate surface area is 152 Å². The van der Waals surface area contributed by atoms with Gasteiger partial charge in [0.1, 0.15) is 0 Å². The predicted octanol–water partition coefficient (Wildman–Crippen LogP) is 2.16. The number of carbonyl (C=O) groups excluding carboxylic acids is 1. The molecule has 5 nitrogen and oxygen atoms in total. The van der Waals surface area contributed by atoms with Crippen LogP contribution in [0.2, 0.25) is 0 Å². The third-order valence-corrected chi connectivity index (χ3v) is 5.22. The molecule has 25 heavy (non-hydrogen) atoms. The molecule has 0 atom stereocenters. The number of hydrogen-bond donors (Lipinski definition) is 2. The van der Waals surface area contributed by atoms with Crippen molar-refractivity contribution in [2.24, 2.45) is 5.41 Å². The molecule has 1 amide bonds.